The lowest BCUT2D eigenvalue weighted by atomic mass is 9.98. The molecule has 31 heavy (non-hydrogen) atoms. The van der Waals surface area contributed by atoms with E-state index in [-0.39, 0.29) is 23.5 Å². The van der Waals surface area contributed by atoms with E-state index < -0.39 is 5.97 Å². The molecule has 0 radical (unpaired) electrons. The molecule has 0 fully saturated rings. The van der Waals surface area contributed by atoms with Crippen molar-refractivity contribution >= 4 is 33.3 Å². The number of nitrogens with zero attached hydrogens (tertiary/aromatic N) is 1. The fourth-order valence-corrected chi connectivity index (χ4v) is 4.27. The Hall–Kier alpha value is -3.71. The van der Waals surface area contributed by atoms with Crippen LogP contribution < -0.4 is 9.47 Å². The van der Waals surface area contributed by atoms with Crippen molar-refractivity contribution in [3.05, 3.63) is 88.4 Å². The number of fused-ring (bicyclic) bond motifs is 2. The molecule has 7 heteroatoms. The van der Waals surface area contributed by atoms with Crippen molar-refractivity contribution in [1.82, 2.24) is 4.98 Å². The zero-order valence-electron chi connectivity index (χ0n) is 16.4. The van der Waals surface area contributed by atoms with E-state index >= 15 is 0 Å². The van der Waals surface area contributed by atoms with Crippen LogP contribution in [0.15, 0.2) is 66.7 Å². The Morgan fingerprint density at radius 3 is 2.48 bits per heavy atom. The van der Waals surface area contributed by atoms with E-state index in [1.807, 2.05) is 24.3 Å². The van der Waals surface area contributed by atoms with Crippen LogP contribution in [0.1, 0.15) is 31.3 Å². The molecule has 1 aliphatic rings. The third-order valence-corrected chi connectivity index (χ3v) is 5.87. The average molecular weight is 431 g/mol. The fourth-order valence-electron chi connectivity index (χ4n) is 3.39. The Bertz CT molecular complexity index is 1260. The van der Waals surface area contributed by atoms with E-state index in [4.69, 9.17) is 14.2 Å². The molecule has 0 saturated heterocycles. The van der Waals surface area contributed by atoms with Crippen LogP contribution in [0.5, 0.6) is 11.5 Å². The van der Waals surface area contributed by atoms with Crippen molar-refractivity contribution in [2.75, 3.05) is 13.2 Å². The van der Waals surface area contributed by atoms with Crippen LogP contribution in [0.4, 0.5) is 0 Å². The number of ether oxygens (including phenoxy) is 3. The second-order valence-corrected chi connectivity index (χ2v) is 8.00. The second kappa shape index (κ2) is 8.20. The number of rotatable bonds is 5. The van der Waals surface area contributed by atoms with Crippen LogP contribution >= 0.6 is 11.3 Å². The Balaban J connectivity index is 1.37. The first-order chi connectivity index (χ1) is 15.2. The second-order valence-electron chi connectivity index (χ2n) is 6.88. The number of carbonyl (C=O) groups excluding carboxylic acids is 2. The topological polar surface area (TPSA) is 74.7 Å². The van der Waals surface area contributed by atoms with Crippen LogP contribution in [-0.2, 0) is 11.3 Å². The van der Waals surface area contributed by atoms with Crippen molar-refractivity contribution in [2.45, 2.75) is 6.61 Å². The number of esters is 1. The van der Waals surface area contributed by atoms with Crippen molar-refractivity contribution < 1.29 is 23.8 Å². The Kier molecular flexibility index (Phi) is 5.09. The predicted molar refractivity (Wildman–Crippen MR) is 116 cm³/mol. The number of hydrogen-bond donors (Lipinski definition) is 0. The van der Waals surface area contributed by atoms with Crippen LogP contribution in [0, 0.1) is 0 Å². The third-order valence-electron chi connectivity index (χ3n) is 4.86. The smallest absolute Gasteiger partial charge is 0.339 e. The molecule has 0 N–H and O–H groups in total. The molecule has 3 aromatic carbocycles. The van der Waals surface area contributed by atoms with Crippen molar-refractivity contribution in [3.8, 4) is 11.5 Å². The molecule has 5 rings (SSSR count). The normalized spacial score (nSPS) is 12.5. The lowest BCUT2D eigenvalue weighted by Crippen LogP contribution is -2.16. The van der Waals surface area contributed by atoms with Gasteiger partial charge in [0.15, 0.2) is 17.3 Å². The number of thiazole rings is 1. The summed E-state index contributed by atoms with van der Waals surface area (Å²) in [5.41, 5.74) is 1.76. The van der Waals surface area contributed by atoms with Gasteiger partial charge in [-0.15, -0.1) is 11.3 Å². The van der Waals surface area contributed by atoms with Gasteiger partial charge in [0.25, 0.3) is 0 Å². The summed E-state index contributed by atoms with van der Waals surface area (Å²) in [6.45, 7) is 0.952. The maximum absolute atomic E-state index is 13.1. The Morgan fingerprint density at radius 1 is 0.903 bits per heavy atom. The molecule has 1 aliphatic heterocycles. The molecule has 0 saturated carbocycles. The molecule has 4 aromatic rings. The molecule has 6 nitrogen and oxygen atoms in total. The zero-order chi connectivity index (χ0) is 21.2. The van der Waals surface area contributed by atoms with Crippen molar-refractivity contribution in [3.63, 3.8) is 0 Å². The van der Waals surface area contributed by atoms with Crippen LogP contribution in [-0.4, -0.2) is 30.0 Å². The minimum absolute atomic E-state index is 0.0464. The van der Waals surface area contributed by atoms with E-state index in [9.17, 15) is 9.59 Å². The largest absolute Gasteiger partial charge is 0.486 e. The first kappa shape index (κ1) is 19.3. The highest BCUT2D eigenvalue weighted by molar-refractivity contribution is 7.18. The SMILES string of the molecule is O=C(OCc1nc2ccccc2s1)c1ccccc1C(=O)c1ccc2c(c1)OCCO2. The molecule has 0 bridgehead atoms. The number of hydrogen-bond acceptors (Lipinski definition) is 7. The number of aromatic nitrogens is 1. The minimum Gasteiger partial charge on any atom is -0.486 e. The highest BCUT2D eigenvalue weighted by atomic mass is 32.1. The fraction of sp³-hybridized carbons (Fsp3) is 0.125. The lowest BCUT2D eigenvalue weighted by Gasteiger charge is -2.18. The summed E-state index contributed by atoms with van der Waals surface area (Å²) >= 11 is 1.47. The minimum atomic E-state index is -0.569. The van der Waals surface area contributed by atoms with Gasteiger partial charge >= 0.3 is 5.97 Å². The van der Waals surface area contributed by atoms with E-state index in [1.54, 1.807) is 42.5 Å². The van der Waals surface area contributed by atoms with Crippen LogP contribution in [0.2, 0.25) is 0 Å². The molecule has 154 valence electrons. The van der Waals surface area contributed by atoms with Gasteiger partial charge in [-0.3, -0.25) is 4.79 Å². The summed E-state index contributed by atoms with van der Waals surface area (Å²) in [6.07, 6.45) is 0. The Morgan fingerprint density at radius 2 is 1.65 bits per heavy atom. The van der Waals surface area contributed by atoms with E-state index in [2.05, 4.69) is 4.98 Å². The monoisotopic (exact) mass is 431 g/mol. The predicted octanol–water partition coefficient (Wildman–Crippen LogP) is 4.66. The van der Waals surface area contributed by atoms with Gasteiger partial charge < -0.3 is 14.2 Å². The average Bonchev–Trinajstić information content (AvgIpc) is 3.25. The first-order valence-corrected chi connectivity index (χ1v) is 10.6. The summed E-state index contributed by atoms with van der Waals surface area (Å²) in [6, 6.07) is 19.4. The molecule has 0 unspecified atom stereocenters. The highest BCUT2D eigenvalue weighted by Gasteiger charge is 2.21. The molecule has 2 heterocycles. The molecular formula is C24H17NO5S. The van der Waals surface area contributed by atoms with Gasteiger partial charge in [-0.1, -0.05) is 30.3 Å². The highest BCUT2D eigenvalue weighted by Crippen LogP contribution is 2.32. The molecular weight excluding hydrogens is 414 g/mol. The van der Waals surface area contributed by atoms with Gasteiger partial charge in [0.05, 0.1) is 15.8 Å². The van der Waals surface area contributed by atoms with Crippen molar-refractivity contribution in [2.24, 2.45) is 0 Å². The summed E-state index contributed by atoms with van der Waals surface area (Å²) in [4.78, 5) is 30.4. The number of para-hydroxylation sites is 1. The summed E-state index contributed by atoms with van der Waals surface area (Å²) in [5, 5.41) is 0.699. The van der Waals surface area contributed by atoms with Crippen LogP contribution in [0.3, 0.4) is 0 Å². The molecule has 0 amide bonds. The van der Waals surface area contributed by atoms with Crippen LogP contribution in [0.25, 0.3) is 10.2 Å². The summed E-state index contributed by atoms with van der Waals surface area (Å²) in [7, 11) is 0. The molecule has 1 aromatic heterocycles. The molecule has 0 aliphatic carbocycles. The molecule has 0 spiro atoms. The number of benzene rings is 3. The maximum Gasteiger partial charge on any atom is 0.339 e. The van der Waals surface area contributed by atoms with E-state index in [0.717, 1.165) is 10.2 Å². The standard InChI is InChI=1S/C24H17NO5S/c26-23(15-9-10-19-20(13-15)29-12-11-28-19)16-5-1-2-6-17(16)24(27)30-14-22-25-18-7-3-4-8-21(18)31-22/h1-10,13H,11-12,14H2. The van der Waals surface area contributed by atoms with Gasteiger partial charge in [0.1, 0.15) is 24.8 Å². The lowest BCUT2D eigenvalue weighted by molar-refractivity contribution is 0.0470. The quantitative estimate of drug-likeness (QED) is 0.338. The maximum atomic E-state index is 13.1. The van der Waals surface area contributed by atoms with Crippen molar-refractivity contribution in [1.29, 1.82) is 0 Å². The summed E-state index contributed by atoms with van der Waals surface area (Å²) in [5.74, 6) is 0.268. The Labute approximate surface area is 182 Å². The summed E-state index contributed by atoms with van der Waals surface area (Å²) < 4.78 is 17.6. The van der Waals surface area contributed by atoms with Gasteiger partial charge in [-0.2, -0.15) is 0 Å². The third kappa shape index (κ3) is 3.87. The number of carbonyl (C=O) groups is 2. The van der Waals surface area contributed by atoms with Gasteiger partial charge in [0.2, 0.25) is 0 Å². The van der Waals surface area contributed by atoms with E-state index in [0.29, 0.717) is 35.3 Å². The van der Waals surface area contributed by atoms with Gasteiger partial charge in [-0.25, -0.2) is 9.78 Å². The number of ketones is 1. The zero-order valence-corrected chi connectivity index (χ0v) is 17.2. The first-order valence-electron chi connectivity index (χ1n) is 9.74. The molecule has 0 atom stereocenters. The van der Waals surface area contributed by atoms with Gasteiger partial charge in [0, 0.05) is 11.1 Å². The van der Waals surface area contributed by atoms with Gasteiger partial charge in [-0.05, 0) is 36.4 Å². The van der Waals surface area contributed by atoms with E-state index in [1.165, 1.54) is 11.3 Å².